The SMILES string of the molecule is Cc1ccccc1[C@@H](C)NC[C@H](C)O. The van der Waals surface area contributed by atoms with Gasteiger partial charge in [-0.3, -0.25) is 0 Å². The van der Waals surface area contributed by atoms with Gasteiger partial charge in [0.2, 0.25) is 0 Å². The molecule has 0 radical (unpaired) electrons. The highest BCUT2D eigenvalue weighted by molar-refractivity contribution is 5.28. The number of hydrogen-bond acceptors (Lipinski definition) is 2. The Kier molecular flexibility index (Phi) is 4.11. The highest BCUT2D eigenvalue weighted by atomic mass is 16.3. The molecule has 0 aliphatic rings. The topological polar surface area (TPSA) is 32.3 Å². The van der Waals surface area contributed by atoms with Crippen molar-refractivity contribution in [2.75, 3.05) is 6.54 Å². The number of rotatable bonds is 4. The maximum absolute atomic E-state index is 9.15. The van der Waals surface area contributed by atoms with Gasteiger partial charge in [0.25, 0.3) is 0 Å². The minimum absolute atomic E-state index is 0.290. The first-order chi connectivity index (χ1) is 6.61. The second-order valence-corrected chi connectivity index (χ2v) is 3.84. The van der Waals surface area contributed by atoms with Gasteiger partial charge < -0.3 is 10.4 Å². The van der Waals surface area contributed by atoms with E-state index in [9.17, 15) is 0 Å². The van der Waals surface area contributed by atoms with Gasteiger partial charge in [0.1, 0.15) is 0 Å². The average Bonchev–Trinajstić information content (AvgIpc) is 2.15. The third-order valence-electron chi connectivity index (χ3n) is 2.37. The molecular weight excluding hydrogens is 174 g/mol. The summed E-state index contributed by atoms with van der Waals surface area (Å²) in [6.45, 7) is 6.65. The van der Waals surface area contributed by atoms with Crippen molar-refractivity contribution < 1.29 is 5.11 Å². The molecule has 1 aromatic carbocycles. The van der Waals surface area contributed by atoms with Crippen LogP contribution in [-0.4, -0.2) is 17.8 Å². The van der Waals surface area contributed by atoms with Crippen molar-refractivity contribution in [2.45, 2.75) is 32.9 Å². The van der Waals surface area contributed by atoms with Crippen LogP contribution in [0, 0.1) is 6.92 Å². The summed E-state index contributed by atoms with van der Waals surface area (Å²) in [5.74, 6) is 0. The van der Waals surface area contributed by atoms with Crippen molar-refractivity contribution in [2.24, 2.45) is 0 Å². The van der Waals surface area contributed by atoms with E-state index in [1.165, 1.54) is 11.1 Å². The molecule has 0 spiro atoms. The third-order valence-corrected chi connectivity index (χ3v) is 2.37. The Morgan fingerprint density at radius 1 is 1.29 bits per heavy atom. The maximum atomic E-state index is 9.15. The predicted molar refractivity (Wildman–Crippen MR) is 59.3 cm³/mol. The highest BCUT2D eigenvalue weighted by Crippen LogP contribution is 2.16. The molecule has 0 amide bonds. The maximum Gasteiger partial charge on any atom is 0.0636 e. The number of aryl methyl sites for hydroxylation is 1. The summed E-state index contributed by atoms with van der Waals surface area (Å²) in [4.78, 5) is 0. The summed E-state index contributed by atoms with van der Waals surface area (Å²) in [6, 6.07) is 8.61. The van der Waals surface area contributed by atoms with Gasteiger partial charge in [-0.15, -0.1) is 0 Å². The molecular formula is C12H19NO. The molecule has 2 heteroatoms. The minimum atomic E-state index is -0.290. The number of nitrogens with one attached hydrogen (secondary N) is 1. The Morgan fingerprint density at radius 2 is 1.93 bits per heavy atom. The summed E-state index contributed by atoms with van der Waals surface area (Å²) in [5, 5.41) is 12.4. The third kappa shape index (κ3) is 3.13. The Hall–Kier alpha value is -0.860. The van der Waals surface area contributed by atoms with Gasteiger partial charge in [-0.2, -0.15) is 0 Å². The van der Waals surface area contributed by atoms with E-state index in [-0.39, 0.29) is 6.10 Å². The molecule has 2 N–H and O–H groups in total. The van der Waals surface area contributed by atoms with E-state index in [4.69, 9.17) is 5.11 Å². The summed E-state index contributed by atoms with van der Waals surface area (Å²) in [7, 11) is 0. The Balaban J connectivity index is 2.60. The van der Waals surface area contributed by atoms with Crippen LogP contribution in [0.5, 0.6) is 0 Å². The van der Waals surface area contributed by atoms with Crippen LogP contribution in [0.3, 0.4) is 0 Å². The Bertz CT molecular complexity index is 283. The summed E-state index contributed by atoms with van der Waals surface area (Å²) >= 11 is 0. The Labute approximate surface area is 86.0 Å². The molecule has 1 rings (SSSR count). The lowest BCUT2D eigenvalue weighted by atomic mass is 10.0. The zero-order valence-electron chi connectivity index (χ0n) is 9.12. The lowest BCUT2D eigenvalue weighted by Gasteiger charge is -2.17. The van der Waals surface area contributed by atoms with Crippen LogP contribution in [0.25, 0.3) is 0 Å². The summed E-state index contributed by atoms with van der Waals surface area (Å²) < 4.78 is 0. The van der Waals surface area contributed by atoms with Gasteiger partial charge in [0, 0.05) is 12.6 Å². The lowest BCUT2D eigenvalue weighted by molar-refractivity contribution is 0.187. The van der Waals surface area contributed by atoms with Gasteiger partial charge in [-0.25, -0.2) is 0 Å². The largest absolute Gasteiger partial charge is 0.392 e. The van der Waals surface area contributed by atoms with Crippen LogP contribution in [-0.2, 0) is 0 Å². The van der Waals surface area contributed by atoms with Crippen molar-refractivity contribution >= 4 is 0 Å². The summed E-state index contributed by atoms with van der Waals surface area (Å²) in [5.41, 5.74) is 2.59. The van der Waals surface area contributed by atoms with Crippen LogP contribution in [0.4, 0.5) is 0 Å². The van der Waals surface area contributed by atoms with Gasteiger partial charge in [0.05, 0.1) is 6.10 Å². The molecule has 0 aliphatic heterocycles. The van der Waals surface area contributed by atoms with E-state index >= 15 is 0 Å². The van der Waals surface area contributed by atoms with Gasteiger partial charge in [-0.05, 0) is 31.9 Å². The first-order valence-electron chi connectivity index (χ1n) is 5.08. The van der Waals surface area contributed by atoms with E-state index in [2.05, 4.69) is 31.3 Å². The number of benzene rings is 1. The molecule has 1 aromatic rings. The zero-order chi connectivity index (χ0) is 10.6. The van der Waals surface area contributed by atoms with Crippen LogP contribution >= 0.6 is 0 Å². The predicted octanol–water partition coefficient (Wildman–Crippen LogP) is 2.03. The first-order valence-corrected chi connectivity index (χ1v) is 5.08. The lowest BCUT2D eigenvalue weighted by Crippen LogP contribution is -2.27. The first kappa shape index (κ1) is 11.2. The number of aliphatic hydroxyl groups is 1. The quantitative estimate of drug-likeness (QED) is 0.767. The molecule has 0 saturated heterocycles. The number of hydrogen-bond donors (Lipinski definition) is 2. The van der Waals surface area contributed by atoms with Crippen molar-refractivity contribution in [3.8, 4) is 0 Å². The molecule has 0 fully saturated rings. The fourth-order valence-corrected chi connectivity index (χ4v) is 1.53. The van der Waals surface area contributed by atoms with Crippen LogP contribution in [0.2, 0.25) is 0 Å². The standard InChI is InChI=1S/C12H19NO/c1-9-6-4-5-7-12(9)11(3)13-8-10(2)14/h4-7,10-11,13-14H,8H2,1-3H3/t10-,11+/m0/s1. The molecule has 0 unspecified atom stereocenters. The molecule has 0 heterocycles. The second-order valence-electron chi connectivity index (χ2n) is 3.84. The van der Waals surface area contributed by atoms with Gasteiger partial charge in [-0.1, -0.05) is 24.3 Å². The Morgan fingerprint density at radius 3 is 2.50 bits per heavy atom. The minimum Gasteiger partial charge on any atom is -0.392 e. The molecule has 0 aliphatic carbocycles. The van der Waals surface area contributed by atoms with Crippen molar-refractivity contribution in [3.63, 3.8) is 0 Å². The van der Waals surface area contributed by atoms with Crippen molar-refractivity contribution in [1.82, 2.24) is 5.32 Å². The fraction of sp³-hybridized carbons (Fsp3) is 0.500. The number of aliphatic hydroxyl groups excluding tert-OH is 1. The molecule has 0 saturated carbocycles. The molecule has 2 atom stereocenters. The monoisotopic (exact) mass is 193 g/mol. The molecule has 78 valence electrons. The van der Waals surface area contributed by atoms with E-state index in [1.54, 1.807) is 6.92 Å². The molecule has 2 nitrogen and oxygen atoms in total. The second kappa shape index (κ2) is 5.13. The molecule has 14 heavy (non-hydrogen) atoms. The average molecular weight is 193 g/mol. The normalized spacial score (nSPS) is 15.1. The smallest absolute Gasteiger partial charge is 0.0636 e. The highest BCUT2D eigenvalue weighted by Gasteiger charge is 2.07. The van der Waals surface area contributed by atoms with Crippen molar-refractivity contribution in [3.05, 3.63) is 35.4 Å². The van der Waals surface area contributed by atoms with Crippen LogP contribution in [0.1, 0.15) is 31.0 Å². The summed E-state index contributed by atoms with van der Waals surface area (Å²) in [6.07, 6.45) is -0.290. The van der Waals surface area contributed by atoms with E-state index < -0.39 is 0 Å². The van der Waals surface area contributed by atoms with Gasteiger partial charge >= 0.3 is 0 Å². The van der Waals surface area contributed by atoms with Crippen LogP contribution in [0.15, 0.2) is 24.3 Å². The molecule has 0 aromatic heterocycles. The van der Waals surface area contributed by atoms with E-state index in [0.717, 1.165) is 0 Å². The van der Waals surface area contributed by atoms with E-state index in [1.807, 2.05) is 12.1 Å². The van der Waals surface area contributed by atoms with Crippen LogP contribution < -0.4 is 5.32 Å². The van der Waals surface area contributed by atoms with Crippen molar-refractivity contribution in [1.29, 1.82) is 0 Å². The van der Waals surface area contributed by atoms with Gasteiger partial charge in [0.15, 0.2) is 0 Å². The van der Waals surface area contributed by atoms with E-state index in [0.29, 0.717) is 12.6 Å². The molecule has 0 bridgehead atoms. The zero-order valence-corrected chi connectivity index (χ0v) is 9.12. The fourth-order valence-electron chi connectivity index (χ4n) is 1.53.